The van der Waals surface area contributed by atoms with Gasteiger partial charge in [0.05, 0.1) is 18.5 Å². The average molecular weight is 408 g/mol. The molecular formula is C20H25FN2O4S. The molecule has 2 rings (SSSR count). The van der Waals surface area contributed by atoms with Gasteiger partial charge in [0, 0.05) is 0 Å². The second-order valence-electron chi connectivity index (χ2n) is 6.42. The van der Waals surface area contributed by atoms with Crippen LogP contribution in [0.4, 0.5) is 10.1 Å². The molecule has 2 aromatic carbocycles. The van der Waals surface area contributed by atoms with Gasteiger partial charge < -0.3 is 10.1 Å². The number of hydrogen-bond donors (Lipinski definition) is 1. The third-order valence-corrected chi connectivity index (χ3v) is 5.25. The second-order valence-corrected chi connectivity index (χ2v) is 8.27. The van der Waals surface area contributed by atoms with Crippen LogP contribution in [0.5, 0.6) is 5.75 Å². The van der Waals surface area contributed by atoms with Crippen molar-refractivity contribution in [2.75, 3.05) is 23.7 Å². The smallest absolute Gasteiger partial charge is 0.244 e. The normalized spacial score (nSPS) is 12.3. The average Bonchev–Trinajstić information content (AvgIpc) is 2.63. The highest BCUT2D eigenvalue weighted by molar-refractivity contribution is 7.92. The van der Waals surface area contributed by atoms with Gasteiger partial charge in [-0.3, -0.25) is 9.10 Å². The first kappa shape index (κ1) is 21.7. The topological polar surface area (TPSA) is 75.7 Å². The molecule has 0 bridgehead atoms. The molecule has 0 saturated heterocycles. The van der Waals surface area contributed by atoms with E-state index in [0.717, 1.165) is 28.3 Å². The zero-order valence-corrected chi connectivity index (χ0v) is 17.0. The summed E-state index contributed by atoms with van der Waals surface area (Å²) in [5.41, 5.74) is 1.30. The maximum Gasteiger partial charge on any atom is 0.244 e. The Morgan fingerprint density at radius 2 is 1.89 bits per heavy atom. The molecule has 0 aliphatic heterocycles. The lowest BCUT2D eigenvalue weighted by Gasteiger charge is -2.30. The van der Waals surface area contributed by atoms with Gasteiger partial charge in [0.2, 0.25) is 15.9 Å². The van der Waals surface area contributed by atoms with Gasteiger partial charge in [-0.25, -0.2) is 12.8 Å². The van der Waals surface area contributed by atoms with Crippen LogP contribution in [0, 0.1) is 12.7 Å². The van der Waals surface area contributed by atoms with E-state index in [4.69, 9.17) is 4.74 Å². The molecule has 6 nitrogen and oxygen atoms in total. The van der Waals surface area contributed by atoms with E-state index in [2.05, 4.69) is 5.32 Å². The Kier molecular flexibility index (Phi) is 7.39. The molecule has 0 fully saturated rings. The number of anilines is 1. The first-order valence-corrected chi connectivity index (χ1v) is 10.8. The standard InChI is InChI=1S/C20H25FN2O4S/c1-4-19(23(28(3,25)26)17-10-8-16(21)9-11-17)20(24)22-12-13-27-18-7-5-6-15(2)14-18/h5-11,14,19H,4,12-13H2,1-3H3,(H,22,24). The summed E-state index contributed by atoms with van der Waals surface area (Å²) in [6.07, 6.45) is 1.28. The van der Waals surface area contributed by atoms with Gasteiger partial charge in [-0.05, 0) is 55.3 Å². The van der Waals surface area contributed by atoms with Crippen molar-refractivity contribution in [1.82, 2.24) is 5.32 Å². The Bertz CT molecular complexity index is 901. The third kappa shape index (κ3) is 5.95. The summed E-state index contributed by atoms with van der Waals surface area (Å²) >= 11 is 0. The molecular weight excluding hydrogens is 383 g/mol. The second kappa shape index (κ2) is 9.54. The van der Waals surface area contributed by atoms with Gasteiger partial charge in [0.1, 0.15) is 24.2 Å². The van der Waals surface area contributed by atoms with E-state index in [-0.39, 0.29) is 25.3 Å². The van der Waals surface area contributed by atoms with E-state index in [1.807, 2.05) is 31.2 Å². The lowest BCUT2D eigenvalue weighted by molar-refractivity contribution is -0.122. The summed E-state index contributed by atoms with van der Waals surface area (Å²) in [5.74, 6) is -0.224. The van der Waals surface area contributed by atoms with E-state index in [1.165, 1.54) is 12.1 Å². The van der Waals surface area contributed by atoms with E-state index in [0.29, 0.717) is 5.75 Å². The molecule has 2 aromatic rings. The Morgan fingerprint density at radius 1 is 1.21 bits per heavy atom. The molecule has 0 aliphatic rings. The fourth-order valence-electron chi connectivity index (χ4n) is 2.81. The molecule has 152 valence electrons. The van der Waals surface area contributed by atoms with Crippen molar-refractivity contribution >= 4 is 21.6 Å². The van der Waals surface area contributed by atoms with E-state index >= 15 is 0 Å². The van der Waals surface area contributed by atoms with Gasteiger partial charge in [-0.15, -0.1) is 0 Å². The van der Waals surface area contributed by atoms with Crippen molar-refractivity contribution in [1.29, 1.82) is 0 Å². The number of nitrogens with zero attached hydrogens (tertiary/aromatic N) is 1. The van der Waals surface area contributed by atoms with Crippen LogP contribution in [-0.4, -0.2) is 39.8 Å². The first-order valence-electron chi connectivity index (χ1n) is 8.94. The van der Waals surface area contributed by atoms with Gasteiger partial charge in [0.15, 0.2) is 0 Å². The number of carbonyl (C=O) groups is 1. The molecule has 0 heterocycles. The molecule has 0 aromatic heterocycles. The van der Waals surface area contributed by atoms with Gasteiger partial charge >= 0.3 is 0 Å². The maximum absolute atomic E-state index is 13.2. The Labute approximate surface area is 165 Å². The summed E-state index contributed by atoms with van der Waals surface area (Å²) in [5, 5.41) is 2.71. The summed E-state index contributed by atoms with van der Waals surface area (Å²) in [4.78, 5) is 12.6. The number of carbonyl (C=O) groups excluding carboxylic acids is 1. The predicted octanol–water partition coefficient (Wildman–Crippen LogP) is 2.87. The zero-order valence-electron chi connectivity index (χ0n) is 16.2. The Morgan fingerprint density at radius 3 is 2.46 bits per heavy atom. The fraction of sp³-hybridized carbons (Fsp3) is 0.350. The van der Waals surface area contributed by atoms with E-state index < -0.39 is 27.8 Å². The maximum atomic E-state index is 13.2. The molecule has 28 heavy (non-hydrogen) atoms. The first-order chi connectivity index (χ1) is 13.2. The SMILES string of the molecule is CCC(C(=O)NCCOc1cccc(C)c1)N(c1ccc(F)cc1)S(C)(=O)=O. The van der Waals surface area contributed by atoms with Crippen molar-refractivity contribution in [2.45, 2.75) is 26.3 Å². The number of aryl methyl sites for hydroxylation is 1. The summed E-state index contributed by atoms with van der Waals surface area (Å²) in [7, 11) is -3.75. The van der Waals surface area contributed by atoms with Crippen LogP contribution in [0.25, 0.3) is 0 Å². The van der Waals surface area contributed by atoms with Crippen molar-refractivity contribution < 1.29 is 22.3 Å². The molecule has 1 amide bonds. The number of hydrogen-bond acceptors (Lipinski definition) is 4. The zero-order chi connectivity index (χ0) is 20.7. The largest absolute Gasteiger partial charge is 0.492 e. The molecule has 0 saturated carbocycles. The number of halogens is 1. The minimum absolute atomic E-state index is 0.226. The highest BCUT2D eigenvalue weighted by atomic mass is 32.2. The summed E-state index contributed by atoms with van der Waals surface area (Å²) in [6.45, 7) is 4.15. The Hall–Kier alpha value is -2.61. The van der Waals surface area contributed by atoms with Gasteiger partial charge in [-0.1, -0.05) is 19.1 Å². The van der Waals surface area contributed by atoms with Crippen LogP contribution in [0.2, 0.25) is 0 Å². The molecule has 1 unspecified atom stereocenters. The Balaban J connectivity index is 2.04. The minimum atomic E-state index is -3.75. The number of ether oxygens (including phenoxy) is 1. The molecule has 0 radical (unpaired) electrons. The lowest BCUT2D eigenvalue weighted by atomic mass is 10.2. The lowest BCUT2D eigenvalue weighted by Crippen LogP contribution is -2.50. The van der Waals surface area contributed by atoms with Crippen LogP contribution in [0.15, 0.2) is 48.5 Å². The number of amides is 1. The van der Waals surface area contributed by atoms with E-state index in [9.17, 15) is 17.6 Å². The summed E-state index contributed by atoms with van der Waals surface area (Å²) < 4.78 is 44.4. The van der Waals surface area contributed by atoms with Crippen molar-refractivity contribution in [2.24, 2.45) is 0 Å². The molecule has 0 spiro atoms. The molecule has 1 N–H and O–H groups in total. The number of sulfonamides is 1. The number of benzene rings is 2. The molecule has 8 heteroatoms. The van der Waals surface area contributed by atoms with Crippen LogP contribution < -0.4 is 14.4 Å². The fourth-order valence-corrected chi connectivity index (χ4v) is 4.03. The van der Waals surface area contributed by atoms with Crippen LogP contribution in [0.3, 0.4) is 0 Å². The number of rotatable bonds is 9. The van der Waals surface area contributed by atoms with E-state index in [1.54, 1.807) is 6.92 Å². The van der Waals surface area contributed by atoms with Gasteiger partial charge in [-0.2, -0.15) is 0 Å². The highest BCUT2D eigenvalue weighted by Gasteiger charge is 2.31. The monoisotopic (exact) mass is 408 g/mol. The summed E-state index contributed by atoms with van der Waals surface area (Å²) in [6, 6.07) is 11.6. The quantitative estimate of drug-likeness (QED) is 0.648. The van der Waals surface area contributed by atoms with Crippen molar-refractivity contribution in [3.8, 4) is 5.75 Å². The van der Waals surface area contributed by atoms with Crippen LogP contribution in [0.1, 0.15) is 18.9 Å². The molecule has 1 atom stereocenters. The van der Waals surface area contributed by atoms with Crippen LogP contribution in [-0.2, 0) is 14.8 Å². The number of nitrogens with one attached hydrogen (secondary N) is 1. The third-order valence-electron chi connectivity index (χ3n) is 4.07. The predicted molar refractivity (Wildman–Crippen MR) is 107 cm³/mol. The highest BCUT2D eigenvalue weighted by Crippen LogP contribution is 2.22. The van der Waals surface area contributed by atoms with Crippen molar-refractivity contribution in [3.05, 3.63) is 59.9 Å². The van der Waals surface area contributed by atoms with Gasteiger partial charge in [0.25, 0.3) is 0 Å². The minimum Gasteiger partial charge on any atom is -0.492 e. The molecule has 0 aliphatic carbocycles. The van der Waals surface area contributed by atoms with Crippen LogP contribution >= 0.6 is 0 Å². The van der Waals surface area contributed by atoms with Crippen molar-refractivity contribution in [3.63, 3.8) is 0 Å².